The third-order valence-electron chi connectivity index (χ3n) is 11.5. The fraction of sp³-hybridized carbons (Fsp3) is 0.510. The molecule has 3 aromatic carbocycles. The average molecular weight is 886 g/mol. The molecule has 1 aliphatic heterocycles. The van der Waals surface area contributed by atoms with E-state index < -0.39 is 41.5 Å². The van der Waals surface area contributed by atoms with Crippen molar-refractivity contribution in [3.63, 3.8) is 0 Å². The number of ether oxygens (including phenoxy) is 2. The maximum absolute atomic E-state index is 14.7. The molecule has 1 heterocycles. The number of hydrogen-bond donors (Lipinski definition) is 4. The molecule has 0 saturated carbocycles. The number of amides is 2. The molecule has 0 spiro atoms. The highest BCUT2D eigenvalue weighted by Crippen LogP contribution is 2.41. The summed E-state index contributed by atoms with van der Waals surface area (Å²) in [7, 11) is 1.51. The van der Waals surface area contributed by atoms with E-state index in [0.29, 0.717) is 44.3 Å². The molecule has 3 aromatic rings. The summed E-state index contributed by atoms with van der Waals surface area (Å²) in [4.78, 5) is 72.1. The highest BCUT2D eigenvalue weighted by Gasteiger charge is 2.36. The Bertz CT molecular complexity index is 2100. The smallest absolute Gasteiger partial charge is 0.226 e. The quantitative estimate of drug-likeness (QED) is 0.0611. The Morgan fingerprint density at radius 2 is 1.59 bits per heavy atom. The van der Waals surface area contributed by atoms with Crippen LogP contribution in [0.15, 0.2) is 48.5 Å². The van der Waals surface area contributed by atoms with Crippen molar-refractivity contribution in [1.29, 1.82) is 5.26 Å². The number of nitriles is 1. The number of carbonyl (C=O) groups is 5. The minimum Gasteiger partial charge on any atom is -0.492 e. The number of unbranched alkanes of at least 4 members (excludes halogenated alkanes) is 4. The SMILES string of the molecule is CCCCCCCc1cc(C)c(C(=O)C[C@@H](CCN)C(=O)N(C)[C@@H]2C(=O)C[C@@H](C)C(=O)N[C@H](C(=O)CCC#N)Cc3ccc(OCCN)c(c3)-c3cc2ccc3OCCN)c(Cl)c1. The molecule has 2 amide bonds. The molecular weight excluding hydrogens is 820 g/mol. The van der Waals surface area contributed by atoms with Crippen LogP contribution in [0.1, 0.15) is 117 Å². The van der Waals surface area contributed by atoms with Crippen LogP contribution >= 0.6 is 11.6 Å². The van der Waals surface area contributed by atoms with E-state index in [0.717, 1.165) is 36.8 Å². The minimum absolute atomic E-state index is 0.0258. The van der Waals surface area contributed by atoms with Gasteiger partial charge in [-0.25, -0.2) is 0 Å². The number of fused-ring (bicyclic) bond motifs is 5. The number of ketones is 3. The Labute approximate surface area is 377 Å². The van der Waals surface area contributed by atoms with Crippen LogP contribution in [-0.2, 0) is 32.0 Å². The Morgan fingerprint density at radius 3 is 2.22 bits per heavy atom. The van der Waals surface area contributed by atoms with Crippen LogP contribution in [0.3, 0.4) is 0 Å². The molecule has 13 nitrogen and oxygen atoms in total. The maximum atomic E-state index is 14.7. The van der Waals surface area contributed by atoms with Crippen LogP contribution in [0.5, 0.6) is 11.5 Å². The number of nitrogens with one attached hydrogen (secondary N) is 1. The molecule has 0 radical (unpaired) electrons. The predicted molar refractivity (Wildman–Crippen MR) is 246 cm³/mol. The molecule has 0 aliphatic carbocycles. The standard InChI is InChI=1S/C49H65ClN6O7/c1-5-6-7-8-9-11-33-24-31(2)46(39(50)27-33)42(58)30-36(17-19-52)49(61)56(4)47-35-14-16-45(63-23-21-54)38(29-35)37-26-34(13-15-44(37)62-22-20-53)28-40(41(57)12-10-18-51)55-48(60)32(3)25-43(47)59/h13-16,24,26-27,29,32,36,40,47H,5-12,17,19-23,25,28,30,52-54H2,1-4H3,(H,55,60)/t32-,36-,40+,47+/m1/s1. The number of hydrogen-bond acceptors (Lipinski definition) is 11. The molecular formula is C49H65ClN6O7. The van der Waals surface area contributed by atoms with Crippen molar-refractivity contribution in [2.24, 2.45) is 29.0 Å². The van der Waals surface area contributed by atoms with Gasteiger partial charge >= 0.3 is 0 Å². The van der Waals surface area contributed by atoms with Gasteiger partial charge in [0.2, 0.25) is 11.8 Å². The normalized spacial score (nSPS) is 16.9. The second-order valence-corrected chi connectivity index (χ2v) is 16.9. The molecule has 0 saturated heterocycles. The van der Waals surface area contributed by atoms with E-state index in [4.69, 9.17) is 38.3 Å². The second-order valence-electron chi connectivity index (χ2n) is 16.5. The van der Waals surface area contributed by atoms with Gasteiger partial charge in [-0.1, -0.05) is 69.3 Å². The number of aryl methyl sites for hydroxylation is 2. The van der Waals surface area contributed by atoms with Gasteiger partial charge in [0.15, 0.2) is 17.3 Å². The van der Waals surface area contributed by atoms with Crippen LogP contribution in [0, 0.1) is 30.1 Å². The maximum Gasteiger partial charge on any atom is 0.226 e. The summed E-state index contributed by atoms with van der Waals surface area (Å²) in [6.45, 7) is 6.52. The van der Waals surface area contributed by atoms with Crippen LogP contribution < -0.4 is 32.0 Å². The van der Waals surface area contributed by atoms with Crippen molar-refractivity contribution in [2.45, 2.75) is 110 Å². The topological polar surface area (TPSA) is 221 Å². The number of nitrogens with zero attached hydrogens (tertiary/aromatic N) is 2. The van der Waals surface area contributed by atoms with Crippen LogP contribution in [0.25, 0.3) is 11.1 Å². The van der Waals surface area contributed by atoms with E-state index in [1.807, 2.05) is 31.2 Å². The molecule has 14 heteroatoms. The molecule has 1 aliphatic rings. The minimum atomic E-state index is -1.22. The van der Waals surface area contributed by atoms with Gasteiger partial charge in [-0.15, -0.1) is 0 Å². The zero-order valence-electron chi connectivity index (χ0n) is 37.3. The number of rotatable bonds is 22. The van der Waals surface area contributed by atoms with Crippen molar-refractivity contribution in [3.05, 3.63) is 81.4 Å². The Balaban J connectivity index is 1.80. The number of halogens is 1. The lowest BCUT2D eigenvalue weighted by Gasteiger charge is -2.32. The zero-order chi connectivity index (χ0) is 46.1. The molecule has 7 N–H and O–H groups in total. The van der Waals surface area contributed by atoms with Gasteiger partial charge in [0.05, 0.1) is 17.1 Å². The highest BCUT2D eigenvalue weighted by atomic mass is 35.5. The number of nitrogens with two attached hydrogens (primary N) is 3. The molecule has 4 atom stereocenters. The van der Waals surface area contributed by atoms with Gasteiger partial charge in [-0.3, -0.25) is 24.0 Å². The van der Waals surface area contributed by atoms with E-state index >= 15 is 0 Å². The van der Waals surface area contributed by atoms with Gasteiger partial charge in [-0.2, -0.15) is 5.26 Å². The first-order chi connectivity index (χ1) is 30.3. The summed E-state index contributed by atoms with van der Waals surface area (Å²) in [6.07, 6.45) is 6.22. The van der Waals surface area contributed by atoms with Crippen LogP contribution in [0.4, 0.5) is 0 Å². The van der Waals surface area contributed by atoms with Crippen LogP contribution in [0.2, 0.25) is 5.02 Å². The molecule has 4 rings (SSSR count). The molecule has 340 valence electrons. The molecule has 0 fully saturated rings. The highest BCUT2D eigenvalue weighted by molar-refractivity contribution is 6.34. The van der Waals surface area contributed by atoms with E-state index in [1.54, 1.807) is 37.3 Å². The number of likely N-dealkylation sites (N-methyl/N-ethyl adjacent to an activating group) is 1. The summed E-state index contributed by atoms with van der Waals surface area (Å²) in [5, 5.41) is 12.4. The summed E-state index contributed by atoms with van der Waals surface area (Å²) < 4.78 is 12.2. The van der Waals surface area contributed by atoms with Gasteiger partial charge in [-0.05, 0) is 91.7 Å². The van der Waals surface area contributed by atoms with Crippen molar-refractivity contribution in [3.8, 4) is 28.7 Å². The number of carbonyl (C=O) groups excluding carboxylic acids is 5. The molecule has 4 bridgehead atoms. The Kier molecular flexibility index (Phi) is 20.2. The molecule has 0 unspecified atom stereocenters. The van der Waals surface area contributed by atoms with Crippen molar-refractivity contribution < 1.29 is 33.4 Å². The van der Waals surface area contributed by atoms with Crippen LogP contribution in [-0.4, -0.2) is 80.0 Å². The van der Waals surface area contributed by atoms with Crippen molar-refractivity contribution in [2.75, 3.05) is 39.9 Å². The first kappa shape index (κ1) is 50.5. The lowest BCUT2D eigenvalue weighted by molar-refractivity contribution is -0.142. The largest absolute Gasteiger partial charge is 0.492 e. The van der Waals surface area contributed by atoms with Gasteiger partial charge < -0.3 is 36.9 Å². The third kappa shape index (κ3) is 13.9. The predicted octanol–water partition coefficient (Wildman–Crippen LogP) is 6.75. The van der Waals surface area contributed by atoms with E-state index in [-0.39, 0.29) is 82.9 Å². The fourth-order valence-corrected chi connectivity index (χ4v) is 8.61. The zero-order valence-corrected chi connectivity index (χ0v) is 38.1. The second kappa shape index (κ2) is 25.2. The lowest BCUT2D eigenvalue weighted by Crippen LogP contribution is -2.46. The summed E-state index contributed by atoms with van der Waals surface area (Å²) in [5.74, 6) is -3.03. The Morgan fingerprint density at radius 1 is 0.921 bits per heavy atom. The summed E-state index contributed by atoms with van der Waals surface area (Å²) >= 11 is 6.78. The van der Waals surface area contributed by atoms with E-state index in [9.17, 15) is 29.2 Å². The lowest BCUT2D eigenvalue weighted by atomic mass is 9.87. The van der Waals surface area contributed by atoms with E-state index in [1.165, 1.54) is 24.8 Å². The monoisotopic (exact) mass is 884 g/mol. The summed E-state index contributed by atoms with van der Waals surface area (Å²) in [5.41, 5.74) is 22.1. The summed E-state index contributed by atoms with van der Waals surface area (Å²) in [6, 6.07) is 14.1. The van der Waals surface area contributed by atoms with Crippen molar-refractivity contribution in [1.82, 2.24) is 10.2 Å². The third-order valence-corrected chi connectivity index (χ3v) is 11.8. The average Bonchev–Trinajstić information content (AvgIpc) is 3.25. The van der Waals surface area contributed by atoms with Crippen molar-refractivity contribution >= 4 is 40.8 Å². The first-order valence-corrected chi connectivity index (χ1v) is 22.6. The molecule has 63 heavy (non-hydrogen) atoms. The van der Waals surface area contributed by atoms with Gasteiger partial charge in [0.1, 0.15) is 30.8 Å². The van der Waals surface area contributed by atoms with E-state index in [2.05, 4.69) is 12.2 Å². The fourth-order valence-electron chi connectivity index (χ4n) is 8.21. The first-order valence-electron chi connectivity index (χ1n) is 22.2. The Hall–Kier alpha value is -5.13. The van der Waals surface area contributed by atoms with Gasteiger partial charge in [0, 0.05) is 74.3 Å². The van der Waals surface area contributed by atoms with Gasteiger partial charge in [0.25, 0.3) is 0 Å². The number of benzene rings is 3. The molecule has 0 aromatic heterocycles. The number of Topliss-reactive ketones (excluding diaryl/α,β-unsaturated/α-hetero) is 3.